The molecule has 0 unspecified atom stereocenters. The molecular formula is C17H21NO2S. The van der Waals surface area contributed by atoms with Crippen LogP contribution in [0.2, 0.25) is 0 Å². The van der Waals surface area contributed by atoms with Crippen molar-refractivity contribution < 1.29 is 9.53 Å². The number of carbonyl (C=O) groups is 1. The molecule has 0 radical (unpaired) electrons. The van der Waals surface area contributed by atoms with Crippen LogP contribution in [-0.4, -0.2) is 24.3 Å². The highest BCUT2D eigenvalue weighted by atomic mass is 32.1. The normalized spacial score (nSPS) is 11.1. The zero-order chi connectivity index (χ0) is 15.2. The molecule has 0 saturated heterocycles. The molecule has 0 amide bonds. The summed E-state index contributed by atoms with van der Waals surface area (Å²) >= 11 is 1.77. The smallest absolute Gasteiger partial charge is 0.150 e. The van der Waals surface area contributed by atoms with E-state index < -0.39 is 0 Å². The molecule has 0 aliphatic heterocycles. The molecule has 0 atom stereocenters. The third-order valence-corrected chi connectivity index (χ3v) is 4.34. The molecule has 0 bridgehead atoms. The summed E-state index contributed by atoms with van der Waals surface area (Å²) in [6.45, 7) is 6.04. The van der Waals surface area contributed by atoms with Crippen molar-refractivity contribution in [1.82, 2.24) is 4.90 Å². The highest BCUT2D eigenvalue weighted by Crippen LogP contribution is 2.24. The summed E-state index contributed by atoms with van der Waals surface area (Å²) in [6.07, 6.45) is 0.877. The van der Waals surface area contributed by atoms with Crippen LogP contribution in [0, 0.1) is 0 Å². The van der Waals surface area contributed by atoms with E-state index in [1.165, 1.54) is 4.88 Å². The summed E-state index contributed by atoms with van der Waals surface area (Å²) in [7, 11) is 1.67. The van der Waals surface area contributed by atoms with E-state index in [1.54, 1.807) is 24.5 Å². The zero-order valence-corrected chi connectivity index (χ0v) is 13.5. The molecule has 4 heteroatoms. The summed E-state index contributed by atoms with van der Waals surface area (Å²) in [5.74, 6) is 0.831. The fourth-order valence-corrected chi connectivity index (χ4v) is 2.97. The van der Waals surface area contributed by atoms with Crippen LogP contribution in [-0.2, 0) is 13.1 Å². The molecule has 1 aromatic carbocycles. The maximum Gasteiger partial charge on any atom is 0.150 e. The highest BCUT2D eigenvalue weighted by Gasteiger charge is 2.14. The summed E-state index contributed by atoms with van der Waals surface area (Å²) in [4.78, 5) is 14.7. The lowest BCUT2D eigenvalue weighted by Crippen LogP contribution is -2.29. The molecule has 0 N–H and O–H groups in total. The summed E-state index contributed by atoms with van der Waals surface area (Å²) in [5.41, 5.74) is 1.73. The van der Waals surface area contributed by atoms with Gasteiger partial charge in [-0.3, -0.25) is 9.69 Å². The van der Waals surface area contributed by atoms with Gasteiger partial charge in [0.2, 0.25) is 0 Å². The molecule has 1 heterocycles. The lowest BCUT2D eigenvalue weighted by Gasteiger charge is -2.26. The van der Waals surface area contributed by atoms with E-state index in [1.807, 2.05) is 12.1 Å². The third-order valence-electron chi connectivity index (χ3n) is 3.48. The van der Waals surface area contributed by atoms with Gasteiger partial charge in [0.05, 0.1) is 7.11 Å². The van der Waals surface area contributed by atoms with E-state index >= 15 is 0 Å². The Morgan fingerprint density at radius 2 is 2.10 bits per heavy atom. The molecule has 112 valence electrons. The number of carbonyl (C=O) groups excluding carboxylic acids is 1. The number of thiophene rings is 1. The fraction of sp³-hybridized carbons (Fsp3) is 0.353. The number of ether oxygens (including phenoxy) is 1. The quantitative estimate of drug-likeness (QED) is 0.725. The van der Waals surface area contributed by atoms with Crippen LogP contribution in [0.5, 0.6) is 5.75 Å². The standard InChI is InChI=1S/C17H21NO2S/c1-13(2)18(11-16-5-4-8-21-16)10-15-9-14(12-19)6-7-17(15)20-3/h4-9,12-13H,10-11H2,1-3H3. The van der Waals surface area contributed by atoms with Crippen LogP contribution in [0.4, 0.5) is 0 Å². The Hall–Kier alpha value is -1.65. The van der Waals surface area contributed by atoms with Crippen molar-refractivity contribution in [3.63, 3.8) is 0 Å². The number of hydrogen-bond acceptors (Lipinski definition) is 4. The van der Waals surface area contributed by atoms with Gasteiger partial charge in [-0.25, -0.2) is 0 Å². The van der Waals surface area contributed by atoms with Crippen molar-refractivity contribution in [3.8, 4) is 5.75 Å². The van der Waals surface area contributed by atoms with Gasteiger partial charge in [-0.15, -0.1) is 11.3 Å². The first-order chi connectivity index (χ1) is 10.1. The van der Waals surface area contributed by atoms with E-state index in [2.05, 4.69) is 36.3 Å². The average molecular weight is 303 g/mol. The monoisotopic (exact) mass is 303 g/mol. The van der Waals surface area contributed by atoms with Gasteiger partial charge in [0.1, 0.15) is 12.0 Å². The van der Waals surface area contributed by atoms with Crippen LogP contribution in [0.15, 0.2) is 35.7 Å². The first kappa shape index (κ1) is 15.7. The zero-order valence-electron chi connectivity index (χ0n) is 12.7. The van der Waals surface area contributed by atoms with Crippen LogP contribution >= 0.6 is 11.3 Å². The Labute approximate surface area is 130 Å². The van der Waals surface area contributed by atoms with E-state index in [0.29, 0.717) is 11.6 Å². The number of methoxy groups -OCH3 is 1. The molecule has 2 rings (SSSR count). The van der Waals surface area contributed by atoms with Gasteiger partial charge in [0.15, 0.2) is 0 Å². The second-order valence-electron chi connectivity index (χ2n) is 5.27. The van der Waals surface area contributed by atoms with Gasteiger partial charge in [-0.05, 0) is 43.5 Å². The molecule has 3 nitrogen and oxygen atoms in total. The molecule has 0 aliphatic rings. The molecule has 0 fully saturated rings. The van der Waals surface area contributed by atoms with Crippen molar-refractivity contribution in [3.05, 3.63) is 51.7 Å². The third kappa shape index (κ3) is 4.16. The second kappa shape index (κ2) is 7.38. The number of hydrogen-bond donors (Lipinski definition) is 0. The molecule has 0 saturated carbocycles. The molecule has 0 aliphatic carbocycles. The van der Waals surface area contributed by atoms with Crippen LogP contribution in [0.3, 0.4) is 0 Å². The van der Waals surface area contributed by atoms with Crippen LogP contribution in [0.25, 0.3) is 0 Å². The minimum absolute atomic E-state index is 0.414. The van der Waals surface area contributed by atoms with Gasteiger partial charge >= 0.3 is 0 Å². The van der Waals surface area contributed by atoms with Crippen molar-refractivity contribution in [2.45, 2.75) is 33.0 Å². The van der Waals surface area contributed by atoms with Gasteiger partial charge in [0, 0.05) is 35.1 Å². The van der Waals surface area contributed by atoms with Gasteiger partial charge < -0.3 is 4.74 Å². The van der Waals surface area contributed by atoms with Crippen molar-refractivity contribution in [1.29, 1.82) is 0 Å². The Balaban J connectivity index is 2.21. The van der Waals surface area contributed by atoms with E-state index in [4.69, 9.17) is 4.74 Å². The Kier molecular flexibility index (Phi) is 5.53. The Morgan fingerprint density at radius 3 is 2.67 bits per heavy atom. The van der Waals surface area contributed by atoms with Gasteiger partial charge in [0.25, 0.3) is 0 Å². The average Bonchev–Trinajstić information content (AvgIpc) is 2.99. The SMILES string of the molecule is COc1ccc(C=O)cc1CN(Cc1cccs1)C(C)C. The maximum absolute atomic E-state index is 11.0. The Bertz CT molecular complexity index is 578. The molecule has 21 heavy (non-hydrogen) atoms. The number of benzene rings is 1. The van der Waals surface area contributed by atoms with E-state index in [-0.39, 0.29) is 0 Å². The lowest BCUT2D eigenvalue weighted by atomic mass is 10.1. The van der Waals surface area contributed by atoms with Crippen molar-refractivity contribution in [2.24, 2.45) is 0 Å². The first-order valence-electron chi connectivity index (χ1n) is 7.02. The summed E-state index contributed by atoms with van der Waals surface area (Å²) in [5, 5.41) is 2.10. The number of rotatable bonds is 7. The van der Waals surface area contributed by atoms with Gasteiger partial charge in [-0.1, -0.05) is 6.07 Å². The van der Waals surface area contributed by atoms with Crippen LogP contribution < -0.4 is 4.74 Å². The first-order valence-corrected chi connectivity index (χ1v) is 7.90. The molecule has 2 aromatic rings. The molecule has 0 spiro atoms. The van der Waals surface area contributed by atoms with Gasteiger partial charge in [-0.2, -0.15) is 0 Å². The maximum atomic E-state index is 11.0. The number of aldehydes is 1. The topological polar surface area (TPSA) is 29.5 Å². The summed E-state index contributed by atoms with van der Waals surface area (Å²) < 4.78 is 5.42. The fourth-order valence-electron chi connectivity index (χ4n) is 2.24. The molecular weight excluding hydrogens is 282 g/mol. The highest BCUT2D eigenvalue weighted by molar-refractivity contribution is 7.09. The second-order valence-corrected chi connectivity index (χ2v) is 6.30. The minimum Gasteiger partial charge on any atom is -0.496 e. The Morgan fingerprint density at radius 1 is 1.29 bits per heavy atom. The predicted octanol–water partition coefficient (Wildman–Crippen LogP) is 3.98. The van der Waals surface area contributed by atoms with Crippen molar-refractivity contribution >= 4 is 17.6 Å². The van der Waals surface area contributed by atoms with E-state index in [9.17, 15) is 4.79 Å². The van der Waals surface area contributed by atoms with Crippen LogP contribution in [0.1, 0.15) is 34.6 Å². The number of nitrogens with zero attached hydrogens (tertiary/aromatic N) is 1. The molecule has 1 aromatic heterocycles. The largest absolute Gasteiger partial charge is 0.496 e. The summed E-state index contributed by atoms with van der Waals surface area (Å²) in [6, 6.07) is 10.2. The minimum atomic E-state index is 0.414. The lowest BCUT2D eigenvalue weighted by molar-refractivity contribution is 0.112. The predicted molar refractivity (Wildman–Crippen MR) is 87.1 cm³/mol. The van der Waals surface area contributed by atoms with Crippen molar-refractivity contribution in [2.75, 3.05) is 7.11 Å². The van der Waals surface area contributed by atoms with E-state index in [0.717, 1.165) is 30.7 Å².